The highest BCUT2D eigenvalue weighted by Gasteiger charge is 2.51. The van der Waals surface area contributed by atoms with Crippen molar-refractivity contribution >= 4 is 20.0 Å². The summed E-state index contributed by atoms with van der Waals surface area (Å²) in [5, 5.41) is 14.3. The van der Waals surface area contributed by atoms with E-state index in [0.29, 0.717) is 11.5 Å². The second kappa shape index (κ2) is 14.9. The summed E-state index contributed by atoms with van der Waals surface area (Å²) in [4.78, 5) is 29.0. The van der Waals surface area contributed by atoms with Gasteiger partial charge in [0.05, 0.1) is 20.8 Å². The van der Waals surface area contributed by atoms with Crippen LogP contribution >= 0.6 is 0 Å². The smallest absolute Gasteiger partial charge is 0.351 e. The summed E-state index contributed by atoms with van der Waals surface area (Å²) >= 11 is 0. The summed E-state index contributed by atoms with van der Waals surface area (Å²) in [5.41, 5.74) is 0.676. The summed E-state index contributed by atoms with van der Waals surface area (Å²) in [6.07, 6.45) is -2.52. The van der Waals surface area contributed by atoms with E-state index in [-0.39, 0.29) is 23.4 Å². The highest BCUT2D eigenvalue weighted by Crippen LogP contribution is 2.45. The molecule has 5 rings (SSSR count). The molecule has 0 aliphatic carbocycles. The summed E-state index contributed by atoms with van der Waals surface area (Å²) in [5.74, 6) is 1.15. The summed E-state index contributed by atoms with van der Waals surface area (Å²) < 4.78 is 32.6. The van der Waals surface area contributed by atoms with Gasteiger partial charge in [0.15, 0.2) is 14.5 Å². The first-order valence-corrected chi connectivity index (χ1v) is 19.5. The monoisotopic (exact) mass is 701 g/mol. The lowest BCUT2D eigenvalue weighted by Crippen LogP contribution is -2.49. The van der Waals surface area contributed by atoms with Gasteiger partial charge in [-0.25, -0.2) is 4.79 Å². The zero-order valence-electron chi connectivity index (χ0n) is 29.9. The highest BCUT2D eigenvalue weighted by atomic mass is 28.4. The first-order chi connectivity index (χ1) is 23.7. The van der Waals surface area contributed by atoms with Gasteiger partial charge in [0.2, 0.25) is 5.91 Å². The molecule has 0 spiro atoms. The number of rotatable bonds is 12. The molecule has 0 bridgehead atoms. The van der Waals surface area contributed by atoms with E-state index in [1.807, 2.05) is 78.9 Å². The molecule has 1 saturated heterocycles. The molecule has 1 amide bonds. The third-order valence-electron chi connectivity index (χ3n) is 9.60. The first-order valence-electron chi connectivity index (χ1n) is 16.6. The number of aliphatic hydroxyl groups is 1. The lowest BCUT2D eigenvalue weighted by Gasteiger charge is -2.40. The van der Waals surface area contributed by atoms with Gasteiger partial charge in [0, 0.05) is 13.1 Å². The molecule has 1 fully saturated rings. The van der Waals surface area contributed by atoms with Crippen LogP contribution in [0.1, 0.15) is 50.6 Å². The van der Waals surface area contributed by atoms with Crippen LogP contribution in [-0.2, 0) is 24.3 Å². The summed E-state index contributed by atoms with van der Waals surface area (Å²) in [6.45, 7) is 11.7. The van der Waals surface area contributed by atoms with Crippen LogP contribution in [0.4, 0.5) is 5.82 Å². The van der Waals surface area contributed by atoms with Crippen LogP contribution in [0.2, 0.25) is 18.1 Å². The maximum Gasteiger partial charge on any atom is 0.351 e. The van der Waals surface area contributed by atoms with E-state index in [1.165, 1.54) is 23.8 Å². The molecule has 4 atom stereocenters. The Morgan fingerprint density at radius 3 is 1.92 bits per heavy atom. The minimum Gasteiger partial charge on any atom is -0.497 e. The Kier molecular flexibility index (Phi) is 11.0. The predicted molar refractivity (Wildman–Crippen MR) is 193 cm³/mol. The minimum atomic E-state index is -2.50. The topological polar surface area (TPSA) is 130 Å². The summed E-state index contributed by atoms with van der Waals surface area (Å²) in [6, 6.07) is 26.7. The maximum absolute atomic E-state index is 13.3. The molecular formula is C38H47N3O8Si. The Hall–Kier alpha value is -4.33. The Bertz CT molecular complexity index is 1760. The van der Waals surface area contributed by atoms with Crippen LogP contribution < -0.4 is 20.5 Å². The van der Waals surface area contributed by atoms with Crippen molar-refractivity contribution < 1.29 is 33.3 Å². The van der Waals surface area contributed by atoms with Crippen molar-refractivity contribution in [2.45, 2.75) is 76.0 Å². The Morgan fingerprint density at radius 1 is 0.900 bits per heavy atom. The van der Waals surface area contributed by atoms with Crippen molar-refractivity contribution in [3.05, 3.63) is 118 Å². The molecule has 0 radical (unpaired) electrons. The number of nitrogens with zero attached hydrogens (tertiary/aromatic N) is 2. The Morgan fingerprint density at radius 2 is 1.44 bits per heavy atom. The van der Waals surface area contributed by atoms with Gasteiger partial charge in [-0.15, -0.1) is 0 Å². The summed E-state index contributed by atoms with van der Waals surface area (Å²) in [7, 11) is 0.733. The number of hydrogen-bond acceptors (Lipinski definition) is 9. The van der Waals surface area contributed by atoms with Crippen LogP contribution in [0.5, 0.6) is 11.5 Å². The molecule has 2 heterocycles. The van der Waals surface area contributed by atoms with Crippen molar-refractivity contribution in [1.82, 2.24) is 9.55 Å². The molecule has 2 unspecified atom stereocenters. The second-order valence-corrected chi connectivity index (χ2v) is 18.7. The van der Waals surface area contributed by atoms with Crippen molar-refractivity contribution in [3.8, 4) is 11.5 Å². The molecular weight excluding hydrogens is 655 g/mol. The number of hydrogen-bond donors (Lipinski definition) is 2. The molecule has 50 heavy (non-hydrogen) atoms. The van der Waals surface area contributed by atoms with Gasteiger partial charge in [-0.05, 0) is 65.2 Å². The first kappa shape index (κ1) is 36.9. The van der Waals surface area contributed by atoms with E-state index in [0.717, 1.165) is 16.7 Å². The predicted octanol–water partition coefficient (Wildman–Crippen LogP) is 5.88. The third kappa shape index (κ3) is 7.54. The third-order valence-corrected chi connectivity index (χ3v) is 14.1. The molecule has 0 saturated carbocycles. The fourth-order valence-electron chi connectivity index (χ4n) is 5.86. The number of anilines is 1. The number of ether oxygens (including phenoxy) is 4. The van der Waals surface area contributed by atoms with Crippen molar-refractivity contribution in [1.29, 1.82) is 0 Å². The zero-order valence-corrected chi connectivity index (χ0v) is 30.9. The quantitative estimate of drug-likeness (QED) is 0.138. The van der Waals surface area contributed by atoms with E-state index in [2.05, 4.69) is 44.2 Å². The molecule has 12 heteroatoms. The van der Waals surface area contributed by atoms with Crippen LogP contribution in [0.15, 0.2) is 95.9 Å². The van der Waals surface area contributed by atoms with Gasteiger partial charge in [-0.3, -0.25) is 9.36 Å². The SMILES string of the molecule is COc1ccc(C(OC[C@H]2O[C@@H](n3ccc(NC(C)=O)nc3=O)C(O[Si](C)(C)C(C)(C)C)C2O)(c2ccccc2)c2ccc(OC)cc2)cc1. The van der Waals surface area contributed by atoms with Gasteiger partial charge in [0.25, 0.3) is 0 Å². The van der Waals surface area contributed by atoms with Crippen LogP contribution in [0, 0.1) is 0 Å². The van der Waals surface area contributed by atoms with Crippen molar-refractivity contribution in [3.63, 3.8) is 0 Å². The zero-order chi connectivity index (χ0) is 36.3. The number of aromatic nitrogens is 2. The van der Waals surface area contributed by atoms with E-state index in [4.69, 9.17) is 23.4 Å². The minimum absolute atomic E-state index is 0.0753. The van der Waals surface area contributed by atoms with Gasteiger partial charge in [-0.1, -0.05) is 75.4 Å². The Labute approximate surface area is 294 Å². The normalized spacial score (nSPS) is 19.6. The average Bonchev–Trinajstić information content (AvgIpc) is 3.38. The van der Waals surface area contributed by atoms with Gasteiger partial charge < -0.3 is 33.8 Å². The molecule has 266 valence electrons. The molecule has 11 nitrogen and oxygen atoms in total. The number of methoxy groups -OCH3 is 2. The molecule has 3 aromatic carbocycles. The number of carbonyl (C=O) groups excluding carboxylic acids is 1. The van der Waals surface area contributed by atoms with Crippen LogP contribution in [0.25, 0.3) is 0 Å². The van der Waals surface area contributed by atoms with E-state index >= 15 is 0 Å². The highest BCUT2D eigenvalue weighted by molar-refractivity contribution is 6.74. The fraction of sp³-hybridized carbons (Fsp3) is 0.395. The standard InChI is InChI=1S/C38H47N3O8Si/c1-25(42)39-32-22-23-41(36(44)40-32)35-34(49-50(7,8)37(2,3)4)33(43)31(48-35)24-47-38(26-12-10-9-11-13-26,27-14-18-29(45-5)19-15-27)28-16-20-30(46-6)21-17-28/h9-23,31,33-35,43H,24H2,1-8H3,(H,39,40,42,44)/t31-,33?,34?,35-/m1/s1. The average molecular weight is 702 g/mol. The van der Waals surface area contributed by atoms with Gasteiger partial charge in [0.1, 0.15) is 41.2 Å². The van der Waals surface area contributed by atoms with Crippen molar-refractivity contribution in [2.75, 3.05) is 26.1 Å². The van der Waals surface area contributed by atoms with E-state index in [9.17, 15) is 14.7 Å². The van der Waals surface area contributed by atoms with Crippen LogP contribution in [-0.4, -0.2) is 68.0 Å². The van der Waals surface area contributed by atoms with Crippen LogP contribution in [0.3, 0.4) is 0 Å². The number of carbonyl (C=O) groups is 1. The molecule has 4 aromatic rings. The molecule has 1 aromatic heterocycles. The Balaban J connectivity index is 1.58. The molecule has 2 N–H and O–H groups in total. The van der Waals surface area contributed by atoms with Gasteiger partial charge in [-0.2, -0.15) is 4.98 Å². The number of amides is 1. The fourth-order valence-corrected chi connectivity index (χ4v) is 7.15. The number of nitrogens with one attached hydrogen (secondary N) is 1. The van der Waals surface area contributed by atoms with E-state index in [1.54, 1.807) is 14.2 Å². The number of benzene rings is 3. The lowest BCUT2D eigenvalue weighted by molar-refractivity contribution is -0.114. The van der Waals surface area contributed by atoms with E-state index < -0.39 is 44.1 Å². The lowest BCUT2D eigenvalue weighted by atomic mass is 9.80. The van der Waals surface area contributed by atoms with Crippen molar-refractivity contribution in [2.24, 2.45) is 0 Å². The largest absolute Gasteiger partial charge is 0.497 e. The maximum atomic E-state index is 13.3. The van der Waals surface area contributed by atoms with Gasteiger partial charge >= 0.3 is 5.69 Å². The number of aliphatic hydroxyl groups excluding tert-OH is 1. The molecule has 1 aliphatic rings. The molecule has 1 aliphatic heterocycles. The second-order valence-electron chi connectivity index (χ2n) is 13.9.